The molecule has 0 unspecified atom stereocenters. The third kappa shape index (κ3) is 4.31. The van der Waals surface area contributed by atoms with Crippen molar-refractivity contribution in [2.45, 2.75) is 32.5 Å². The lowest BCUT2D eigenvalue weighted by Gasteiger charge is -2.18. The number of imidazole rings is 1. The molecule has 1 saturated heterocycles. The van der Waals surface area contributed by atoms with Gasteiger partial charge < -0.3 is 19.7 Å². The molecule has 6 rings (SSSR count). The molecule has 1 fully saturated rings. The Morgan fingerprint density at radius 3 is 2.70 bits per heavy atom. The van der Waals surface area contributed by atoms with Gasteiger partial charge in [0.05, 0.1) is 41.1 Å². The van der Waals surface area contributed by atoms with Crippen LogP contribution in [0.4, 0.5) is 11.5 Å². The van der Waals surface area contributed by atoms with Crippen LogP contribution in [-0.4, -0.2) is 47.1 Å². The largest absolute Gasteiger partial charge is 0.391 e. The second kappa shape index (κ2) is 9.13. The third-order valence-corrected chi connectivity index (χ3v) is 6.45. The van der Waals surface area contributed by atoms with E-state index in [9.17, 15) is 10.4 Å². The Hall–Kier alpha value is -4.59. The lowest BCUT2D eigenvalue weighted by atomic mass is 10.1. The van der Waals surface area contributed by atoms with E-state index in [2.05, 4.69) is 26.6 Å². The number of nitrogens with zero attached hydrogens (tertiary/aromatic N) is 7. The van der Waals surface area contributed by atoms with Crippen molar-refractivity contribution in [3.63, 3.8) is 0 Å². The van der Waals surface area contributed by atoms with Crippen LogP contribution in [0.15, 0.2) is 61.1 Å². The summed E-state index contributed by atoms with van der Waals surface area (Å²) >= 11 is 0. The van der Waals surface area contributed by atoms with E-state index in [1.54, 1.807) is 12.5 Å². The van der Waals surface area contributed by atoms with E-state index < -0.39 is 6.10 Å². The number of ether oxygens (including phenoxy) is 1. The molecule has 0 amide bonds. The summed E-state index contributed by atoms with van der Waals surface area (Å²) in [6.07, 6.45) is 3.20. The summed E-state index contributed by atoms with van der Waals surface area (Å²) in [6.45, 7) is 4.11. The zero-order valence-corrected chi connectivity index (χ0v) is 20.3. The molecule has 1 aliphatic heterocycles. The van der Waals surface area contributed by atoms with Crippen molar-refractivity contribution < 1.29 is 9.84 Å². The van der Waals surface area contributed by atoms with Gasteiger partial charge >= 0.3 is 0 Å². The topological polar surface area (TPSA) is 127 Å². The number of rotatable bonds is 5. The molecule has 1 aromatic carbocycles. The molecule has 5 aromatic rings. The average molecular weight is 493 g/mol. The Morgan fingerprint density at radius 2 is 1.97 bits per heavy atom. The second-order valence-electron chi connectivity index (χ2n) is 9.15. The van der Waals surface area contributed by atoms with Crippen molar-refractivity contribution in [1.29, 1.82) is 5.26 Å². The van der Waals surface area contributed by atoms with Gasteiger partial charge in [0.2, 0.25) is 0 Å². The Bertz CT molecular complexity index is 1650. The SMILES string of the molecule is Cc1ccc(Nc2ccc3ncn(-c4ccc([C@H]5C[C@@H](O)CO5)c(-n5cc(C#N)cc5C)n4)c3c2)nn1. The van der Waals surface area contributed by atoms with E-state index in [-0.39, 0.29) is 12.7 Å². The number of anilines is 2. The number of hydrogen-bond acceptors (Lipinski definition) is 8. The van der Waals surface area contributed by atoms with Crippen LogP contribution in [0, 0.1) is 25.2 Å². The normalized spacial score (nSPS) is 17.2. The summed E-state index contributed by atoms with van der Waals surface area (Å²) in [7, 11) is 0. The minimum atomic E-state index is -0.514. The molecule has 0 spiro atoms. The van der Waals surface area contributed by atoms with Gasteiger partial charge in [-0.2, -0.15) is 10.4 Å². The van der Waals surface area contributed by atoms with Crippen molar-refractivity contribution in [3.8, 4) is 17.7 Å². The maximum Gasteiger partial charge on any atom is 0.153 e. The van der Waals surface area contributed by atoms with E-state index in [1.165, 1.54) is 0 Å². The molecular formula is C27H24N8O2. The fourth-order valence-electron chi connectivity index (χ4n) is 4.60. The monoisotopic (exact) mass is 492 g/mol. The van der Waals surface area contributed by atoms with Crippen LogP contribution < -0.4 is 5.32 Å². The van der Waals surface area contributed by atoms with Crippen LogP contribution in [0.2, 0.25) is 0 Å². The van der Waals surface area contributed by atoms with E-state index >= 15 is 0 Å². The quantitative estimate of drug-likeness (QED) is 0.376. The van der Waals surface area contributed by atoms with Gasteiger partial charge in [-0.1, -0.05) is 0 Å². The zero-order valence-electron chi connectivity index (χ0n) is 20.3. The number of nitrogens with one attached hydrogen (secondary N) is 1. The number of fused-ring (bicyclic) bond motifs is 1. The number of aryl methyl sites for hydroxylation is 2. The van der Waals surface area contributed by atoms with Crippen LogP contribution in [0.3, 0.4) is 0 Å². The molecule has 4 aromatic heterocycles. The highest BCUT2D eigenvalue weighted by Gasteiger charge is 2.29. The average Bonchev–Trinajstić information content (AvgIpc) is 3.63. The van der Waals surface area contributed by atoms with Gasteiger partial charge in [-0.3, -0.25) is 4.57 Å². The molecule has 2 N–H and O–H groups in total. The Kier molecular flexibility index (Phi) is 5.64. The maximum atomic E-state index is 10.1. The molecule has 0 aliphatic carbocycles. The van der Waals surface area contributed by atoms with Gasteiger partial charge in [0, 0.05) is 29.6 Å². The first-order valence-corrected chi connectivity index (χ1v) is 11.9. The summed E-state index contributed by atoms with van der Waals surface area (Å²) in [6, 6.07) is 17.6. The molecule has 1 aliphatic rings. The minimum absolute atomic E-state index is 0.285. The van der Waals surface area contributed by atoms with Gasteiger partial charge in [-0.15, -0.1) is 5.10 Å². The molecular weight excluding hydrogens is 468 g/mol. The number of nitriles is 1. The summed E-state index contributed by atoms with van der Waals surface area (Å²) < 4.78 is 9.68. The number of pyridine rings is 1. The molecule has 10 heteroatoms. The number of hydrogen-bond donors (Lipinski definition) is 2. The number of aliphatic hydroxyl groups excluding tert-OH is 1. The highest BCUT2D eigenvalue weighted by Crippen LogP contribution is 2.34. The van der Waals surface area contributed by atoms with Crippen LogP contribution in [0.25, 0.3) is 22.7 Å². The number of aromatic nitrogens is 6. The van der Waals surface area contributed by atoms with Gasteiger partial charge in [0.25, 0.3) is 0 Å². The minimum Gasteiger partial charge on any atom is -0.391 e. The molecule has 10 nitrogen and oxygen atoms in total. The zero-order chi connectivity index (χ0) is 25.5. The second-order valence-corrected chi connectivity index (χ2v) is 9.15. The Morgan fingerprint density at radius 1 is 1.08 bits per heavy atom. The first-order chi connectivity index (χ1) is 18.0. The van der Waals surface area contributed by atoms with Crippen molar-refractivity contribution in [2.75, 3.05) is 11.9 Å². The maximum absolute atomic E-state index is 10.1. The van der Waals surface area contributed by atoms with E-state index in [0.717, 1.165) is 33.7 Å². The van der Waals surface area contributed by atoms with E-state index in [1.807, 2.05) is 71.5 Å². The van der Waals surface area contributed by atoms with E-state index in [0.29, 0.717) is 29.4 Å². The third-order valence-electron chi connectivity index (χ3n) is 6.45. The lowest BCUT2D eigenvalue weighted by Crippen LogP contribution is -2.10. The highest BCUT2D eigenvalue weighted by molar-refractivity contribution is 5.82. The van der Waals surface area contributed by atoms with E-state index in [4.69, 9.17) is 9.72 Å². The summed E-state index contributed by atoms with van der Waals surface area (Å²) in [5.41, 5.74) is 5.66. The lowest BCUT2D eigenvalue weighted by molar-refractivity contribution is 0.0886. The molecule has 37 heavy (non-hydrogen) atoms. The van der Waals surface area contributed by atoms with Crippen LogP contribution in [0.5, 0.6) is 0 Å². The fourth-order valence-corrected chi connectivity index (χ4v) is 4.60. The van der Waals surface area contributed by atoms with Crippen molar-refractivity contribution >= 4 is 22.5 Å². The molecule has 5 heterocycles. The van der Waals surface area contributed by atoms with Crippen LogP contribution >= 0.6 is 0 Å². The predicted octanol–water partition coefficient (Wildman–Crippen LogP) is 4.06. The van der Waals surface area contributed by atoms with Gasteiger partial charge in [0.1, 0.15) is 24.0 Å². The molecule has 184 valence electrons. The first-order valence-electron chi connectivity index (χ1n) is 11.9. The van der Waals surface area contributed by atoms with Gasteiger partial charge in [-0.05, 0) is 62.4 Å². The first kappa shape index (κ1) is 22.8. The highest BCUT2D eigenvalue weighted by atomic mass is 16.5. The summed E-state index contributed by atoms with van der Waals surface area (Å²) in [5.74, 6) is 1.97. The van der Waals surface area contributed by atoms with Gasteiger partial charge in [0.15, 0.2) is 5.82 Å². The Labute approximate surface area is 212 Å². The van der Waals surface area contributed by atoms with Crippen LogP contribution in [0.1, 0.15) is 35.0 Å². The molecule has 0 bridgehead atoms. The Balaban J connectivity index is 1.44. The molecule has 0 saturated carbocycles. The summed E-state index contributed by atoms with van der Waals surface area (Å²) in [4.78, 5) is 9.57. The van der Waals surface area contributed by atoms with Crippen molar-refractivity contribution in [2.24, 2.45) is 0 Å². The summed E-state index contributed by atoms with van der Waals surface area (Å²) in [5, 5.41) is 31.1. The number of benzene rings is 1. The number of aliphatic hydroxyl groups is 1. The smallest absolute Gasteiger partial charge is 0.153 e. The standard InChI is InChI=1S/C27H24N8O2/c1-16-3-7-25(33-32-16)30-19-4-6-22-23(10-19)35(15-29-22)26-8-5-21(24-11-20(36)14-37-24)27(31-26)34-13-18(12-28)9-17(34)2/h3-10,13,15,20,24,36H,11,14H2,1-2H3,(H,30,33)/t20-,24-/m1/s1. The van der Waals surface area contributed by atoms with Gasteiger partial charge in [-0.25, -0.2) is 9.97 Å². The fraction of sp³-hybridized carbons (Fsp3) is 0.222. The molecule has 0 radical (unpaired) electrons. The van der Waals surface area contributed by atoms with Crippen LogP contribution in [-0.2, 0) is 4.74 Å². The van der Waals surface area contributed by atoms with Crippen molar-refractivity contribution in [1.82, 2.24) is 29.3 Å². The van der Waals surface area contributed by atoms with Crippen molar-refractivity contribution in [3.05, 3.63) is 83.6 Å². The molecule has 2 atom stereocenters. The predicted molar refractivity (Wildman–Crippen MR) is 137 cm³/mol.